The third-order valence-electron chi connectivity index (χ3n) is 3.77. The van der Waals surface area contributed by atoms with Crippen LogP contribution >= 0.6 is 11.6 Å². The SMILES string of the molecule is Cn1c(CCNC(=O)c2cc(F)c(F)cc2Cl)nc2ccccc21. The van der Waals surface area contributed by atoms with Gasteiger partial charge in [0.05, 0.1) is 21.6 Å². The normalized spacial score (nSPS) is 11.0. The van der Waals surface area contributed by atoms with Crippen LogP contribution in [0.15, 0.2) is 36.4 Å². The number of hydrogen-bond acceptors (Lipinski definition) is 2. The van der Waals surface area contributed by atoms with E-state index in [0.29, 0.717) is 13.0 Å². The Hall–Kier alpha value is -2.47. The smallest absolute Gasteiger partial charge is 0.252 e. The Morgan fingerprint density at radius 1 is 1.25 bits per heavy atom. The van der Waals surface area contributed by atoms with Crippen molar-refractivity contribution < 1.29 is 13.6 Å². The number of fused-ring (bicyclic) bond motifs is 1. The van der Waals surface area contributed by atoms with Crippen molar-refractivity contribution in [1.82, 2.24) is 14.9 Å². The number of halogens is 3. The highest BCUT2D eigenvalue weighted by atomic mass is 35.5. The van der Waals surface area contributed by atoms with E-state index in [0.717, 1.165) is 29.0 Å². The molecule has 24 heavy (non-hydrogen) atoms. The average Bonchev–Trinajstić information content (AvgIpc) is 2.87. The summed E-state index contributed by atoms with van der Waals surface area (Å²) in [7, 11) is 1.90. The van der Waals surface area contributed by atoms with Crippen molar-refractivity contribution in [2.24, 2.45) is 7.05 Å². The molecule has 3 aromatic rings. The highest BCUT2D eigenvalue weighted by molar-refractivity contribution is 6.33. The lowest BCUT2D eigenvalue weighted by molar-refractivity contribution is 0.0953. The summed E-state index contributed by atoms with van der Waals surface area (Å²) in [6.07, 6.45) is 0.498. The lowest BCUT2D eigenvalue weighted by atomic mass is 10.2. The first kappa shape index (κ1) is 16.4. The maximum atomic E-state index is 13.3. The van der Waals surface area contributed by atoms with Gasteiger partial charge in [-0.15, -0.1) is 0 Å². The van der Waals surface area contributed by atoms with E-state index in [1.807, 2.05) is 35.9 Å². The highest BCUT2D eigenvalue weighted by Crippen LogP contribution is 2.20. The molecule has 0 aliphatic carbocycles. The average molecular weight is 350 g/mol. The monoisotopic (exact) mass is 349 g/mol. The molecule has 0 unspecified atom stereocenters. The Kier molecular flexibility index (Phi) is 4.49. The van der Waals surface area contributed by atoms with Crippen LogP contribution in [0, 0.1) is 11.6 Å². The van der Waals surface area contributed by atoms with Gasteiger partial charge in [0.25, 0.3) is 5.91 Å². The molecule has 0 radical (unpaired) electrons. The molecule has 0 saturated heterocycles. The Morgan fingerprint density at radius 2 is 1.96 bits per heavy atom. The zero-order valence-corrected chi connectivity index (χ0v) is 13.6. The van der Waals surface area contributed by atoms with Gasteiger partial charge in [-0.25, -0.2) is 13.8 Å². The molecular weight excluding hydrogens is 336 g/mol. The summed E-state index contributed by atoms with van der Waals surface area (Å²) in [4.78, 5) is 16.6. The number of nitrogens with one attached hydrogen (secondary N) is 1. The van der Waals surface area contributed by atoms with Gasteiger partial charge >= 0.3 is 0 Å². The maximum Gasteiger partial charge on any atom is 0.252 e. The van der Waals surface area contributed by atoms with E-state index in [4.69, 9.17) is 11.6 Å². The molecular formula is C17H14ClF2N3O. The van der Waals surface area contributed by atoms with Crippen LogP contribution in [0.1, 0.15) is 16.2 Å². The van der Waals surface area contributed by atoms with Gasteiger partial charge < -0.3 is 9.88 Å². The third-order valence-corrected chi connectivity index (χ3v) is 4.08. The molecule has 0 aliphatic rings. The van der Waals surface area contributed by atoms with Gasteiger partial charge in [0.2, 0.25) is 0 Å². The lowest BCUT2D eigenvalue weighted by Crippen LogP contribution is -2.26. The maximum absolute atomic E-state index is 13.3. The number of benzene rings is 2. The van der Waals surface area contributed by atoms with Gasteiger partial charge in [0, 0.05) is 20.0 Å². The first-order valence-electron chi connectivity index (χ1n) is 7.30. The minimum Gasteiger partial charge on any atom is -0.352 e. The summed E-state index contributed by atoms with van der Waals surface area (Å²) >= 11 is 5.79. The van der Waals surface area contributed by atoms with E-state index in [2.05, 4.69) is 10.3 Å². The Morgan fingerprint density at radius 3 is 2.71 bits per heavy atom. The Bertz CT molecular complexity index is 924. The highest BCUT2D eigenvalue weighted by Gasteiger charge is 2.15. The van der Waals surface area contributed by atoms with Crippen molar-refractivity contribution >= 4 is 28.5 Å². The predicted octanol–water partition coefficient (Wildman–Crippen LogP) is 3.48. The van der Waals surface area contributed by atoms with Crippen LogP contribution in [0.2, 0.25) is 5.02 Å². The van der Waals surface area contributed by atoms with Gasteiger partial charge in [-0.3, -0.25) is 4.79 Å². The molecule has 0 bridgehead atoms. The van der Waals surface area contributed by atoms with E-state index in [1.165, 1.54) is 0 Å². The minimum absolute atomic E-state index is 0.0967. The largest absolute Gasteiger partial charge is 0.352 e. The fourth-order valence-electron chi connectivity index (χ4n) is 2.50. The van der Waals surface area contributed by atoms with E-state index in [9.17, 15) is 13.6 Å². The topological polar surface area (TPSA) is 46.9 Å². The second kappa shape index (κ2) is 6.57. The number of para-hydroxylation sites is 2. The van der Waals surface area contributed by atoms with Crippen molar-refractivity contribution in [1.29, 1.82) is 0 Å². The molecule has 2 aromatic carbocycles. The number of carbonyl (C=O) groups is 1. The second-order valence-corrected chi connectivity index (χ2v) is 5.74. The molecule has 0 spiro atoms. The molecule has 1 aromatic heterocycles. The summed E-state index contributed by atoms with van der Waals surface area (Å²) in [5.74, 6) is -1.94. The van der Waals surface area contributed by atoms with Crippen molar-refractivity contribution in [2.75, 3.05) is 6.54 Å². The van der Waals surface area contributed by atoms with Gasteiger partial charge in [-0.05, 0) is 24.3 Å². The molecule has 0 atom stereocenters. The van der Waals surface area contributed by atoms with E-state index in [-0.39, 0.29) is 10.6 Å². The number of imidazole rings is 1. The quantitative estimate of drug-likeness (QED) is 0.733. The van der Waals surface area contributed by atoms with Crippen LogP contribution in [0.25, 0.3) is 11.0 Å². The van der Waals surface area contributed by atoms with Gasteiger partial charge in [0.15, 0.2) is 11.6 Å². The van der Waals surface area contributed by atoms with Gasteiger partial charge in [0.1, 0.15) is 5.82 Å². The number of rotatable bonds is 4. The molecule has 4 nitrogen and oxygen atoms in total. The molecule has 0 aliphatic heterocycles. The lowest BCUT2D eigenvalue weighted by Gasteiger charge is -2.07. The number of aryl methyl sites for hydroxylation is 1. The van der Waals surface area contributed by atoms with Crippen molar-refractivity contribution in [3.05, 3.63) is 64.4 Å². The fourth-order valence-corrected chi connectivity index (χ4v) is 2.73. The van der Waals surface area contributed by atoms with E-state index >= 15 is 0 Å². The second-order valence-electron chi connectivity index (χ2n) is 5.33. The molecule has 1 heterocycles. The standard InChI is InChI=1S/C17H14ClF2N3O/c1-23-15-5-3-2-4-14(15)22-16(23)6-7-21-17(24)10-8-12(19)13(20)9-11(10)18/h2-5,8-9H,6-7H2,1H3,(H,21,24). The van der Waals surface area contributed by atoms with Crippen LogP contribution in [0.3, 0.4) is 0 Å². The molecule has 124 valence electrons. The first-order chi connectivity index (χ1) is 11.5. The van der Waals surface area contributed by atoms with Crippen molar-refractivity contribution in [3.8, 4) is 0 Å². The predicted molar refractivity (Wildman–Crippen MR) is 88.1 cm³/mol. The van der Waals surface area contributed by atoms with Crippen LogP contribution in [-0.2, 0) is 13.5 Å². The Balaban J connectivity index is 1.68. The number of aromatic nitrogens is 2. The van der Waals surface area contributed by atoms with Crippen LogP contribution in [0.5, 0.6) is 0 Å². The Labute approximate surface area is 142 Å². The van der Waals surface area contributed by atoms with Gasteiger partial charge in [-0.2, -0.15) is 0 Å². The molecule has 0 fully saturated rings. The zero-order chi connectivity index (χ0) is 17.3. The molecule has 0 saturated carbocycles. The van der Waals surface area contributed by atoms with E-state index in [1.54, 1.807) is 0 Å². The number of carbonyl (C=O) groups excluding carboxylic acids is 1. The van der Waals surface area contributed by atoms with Crippen molar-refractivity contribution in [3.63, 3.8) is 0 Å². The summed E-state index contributed by atoms with van der Waals surface area (Å²) in [5, 5.41) is 2.51. The summed E-state index contributed by atoms with van der Waals surface area (Å²) in [6.45, 7) is 0.297. The number of amides is 1. The fraction of sp³-hybridized carbons (Fsp3) is 0.176. The van der Waals surface area contributed by atoms with Crippen molar-refractivity contribution in [2.45, 2.75) is 6.42 Å². The number of hydrogen-bond donors (Lipinski definition) is 1. The van der Waals surface area contributed by atoms with Gasteiger partial charge in [-0.1, -0.05) is 23.7 Å². The summed E-state index contributed by atoms with van der Waals surface area (Å²) in [6, 6.07) is 9.30. The molecule has 3 rings (SSSR count). The first-order valence-corrected chi connectivity index (χ1v) is 7.68. The molecule has 1 amide bonds. The molecule has 7 heteroatoms. The molecule has 1 N–H and O–H groups in total. The third kappa shape index (κ3) is 3.10. The van der Waals surface area contributed by atoms with E-state index < -0.39 is 17.5 Å². The van der Waals surface area contributed by atoms with Crippen LogP contribution in [-0.4, -0.2) is 22.0 Å². The summed E-state index contributed by atoms with van der Waals surface area (Å²) in [5.41, 5.74) is 1.79. The van der Waals surface area contributed by atoms with Crippen LogP contribution in [0.4, 0.5) is 8.78 Å². The zero-order valence-electron chi connectivity index (χ0n) is 12.8. The number of nitrogens with zero attached hydrogens (tertiary/aromatic N) is 2. The van der Waals surface area contributed by atoms with Crippen LogP contribution < -0.4 is 5.32 Å². The summed E-state index contributed by atoms with van der Waals surface area (Å²) < 4.78 is 28.2. The minimum atomic E-state index is -1.11.